The number of allylic oxidation sites excluding steroid dienone is 10. The number of aliphatic hydroxyl groups is 2. The van der Waals surface area contributed by atoms with Crippen molar-refractivity contribution in [1.82, 2.24) is 67.0 Å². The number of aromatic hydroxyl groups is 1. The van der Waals surface area contributed by atoms with E-state index in [9.17, 15) is 68.1 Å². The number of amides is 7. The van der Waals surface area contributed by atoms with Crippen LogP contribution in [0.1, 0.15) is 207 Å². The highest BCUT2D eigenvalue weighted by Crippen LogP contribution is 2.39. The molecule has 4 bridgehead atoms. The van der Waals surface area contributed by atoms with Crippen molar-refractivity contribution in [3.63, 3.8) is 0 Å². The topological polar surface area (TPSA) is 640 Å². The van der Waals surface area contributed by atoms with E-state index in [2.05, 4.69) is 68.7 Å². The minimum Gasteiger partial charge on any atom is -0.508 e. The number of Topliss-reactive ketones (excluding diaryl/α,β-unsaturated/α-hetero) is 4. The van der Waals surface area contributed by atoms with E-state index in [1.54, 1.807) is 94.6 Å². The molecule has 2 aromatic carbocycles. The third kappa shape index (κ3) is 35.0. The Hall–Kier alpha value is -15.6. The van der Waals surface area contributed by atoms with Crippen molar-refractivity contribution < 1.29 is 125 Å². The molecule has 17 N–H and O–H groups in total. The number of oxazole rings is 2. The van der Waals surface area contributed by atoms with Gasteiger partial charge in [-0.2, -0.15) is 0 Å². The second-order valence-corrected chi connectivity index (χ2v) is 37.9. The zero-order chi connectivity index (χ0) is 109. The van der Waals surface area contributed by atoms with Gasteiger partial charge in [0, 0.05) is 143 Å². The summed E-state index contributed by atoms with van der Waals surface area (Å²) in [5.41, 5.74) is 9.22. The highest BCUT2D eigenvalue weighted by Gasteiger charge is 2.54. The number of hydrogen-bond donors (Lipinski definition) is 15. The summed E-state index contributed by atoms with van der Waals surface area (Å²) in [6, 6.07) is 6.76. The van der Waals surface area contributed by atoms with Crippen LogP contribution in [0.15, 0.2) is 186 Å². The van der Waals surface area contributed by atoms with E-state index in [0.29, 0.717) is 40.6 Å². The Kier molecular flexibility index (Phi) is 46.2. The summed E-state index contributed by atoms with van der Waals surface area (Å²) in [4.78, 5) is 250. The average molecular weight is 2080 g/mol. The van der Waals surface area contributed by atoms with Crippen molar-refractivity contribution in [3.05, 3.63) is 217 Å². The maximum absolute atomic E-state index is 15.6. The van der Waals surface area contributed by atoms with Gasteiger partial charge in [0.15, 0.2) is 40.5 Å². The van der Waals surface area contributed by atoms with Crippen LogP contribution in [0, 0.1) is 45.8 Å². The van der Waals surface area contributed by atoms with Crippen molar-refractivity contribution in [2.24, 2.45) is 51.9 Å². The van der Waals surface area contributed by atoms with Gasteiger partial charge in [-0.05, 0) is 127 Å². The smallest absolute Gasteiger partial charge is 0.360 e. The molecule has 150 heavy (non-hydrogen) atoms. The second kappa shape index (κ2) is 58.8. The predicted molar refractivity (Wildman–Crippen MR) is 549 cm³/mol. The number of carbonyl (C=O) groups excluding carboxylic acids is 16. The van der Waals surface area contributed by atoms with Gasteiger partial charge in [-0.15, -0.1) is 0 Å². The fourth-order valence-corrected chi connectivity index (χ4v) is 17.8. The van der Waals surface area contributed by atoms with Crippen LogP contribution in [0.5, 0.6) is 5.75 Å². The summed E-state index contributed by atoms with van der Waals surface area (Å²) < 4.78 is 39.6. The molecule has 9 rings (SSSR count). The molecule has 0 aliphatic carbocycles. The molecule has 2 fully saturated rings. The highest BCUT2D eigenvalue weighted by atomic mass is 16.6. The highest BCUT2D eigenvalue weighted by molar-refractivity contribution is 6.00. The molecular formula is C108H138N16O26. The second-order valence-electron chi connectivity index (χ2n) is 37.9. The van der Waals surface area contributed by atoms with E-state index in [1.807, 2.05) is 0 Å². The molecule has 806 valence electrons. The number of rotatable bonds is 52. The summed E-state index contributed by atoms with van der Waals surface area (Å²) in [5, 5.41) is 60.7. The maximum atomic E-state index is 15.6. The summed E-state index contributed by atoms with van der Waals surface area (Å²) in [6.07, 6.45) is 22.1. The van der Waals surface area contributed by atoms with Gasteiger partial charge in [-0.1, -0.05) is 136 Å². The number of nitrogens with one attached hydrogen (secondary N) is 10. The third-order valence-electron chi connectivity index (χ3n) is 26.3. The molecule has 6 aromatic rings. The monoisotopic (exact) mass is 2070 g/mol. The maximum Gasteiger partial charge on any atom is 0.360 e. The number of imidazole rings is 1. The number of aliphatic hydroxyl groups excluding tert-OH is 2. The number of phenolic OH excluding ortho intramolecular Hbond substituents is 1. The van der Waals surface area contributed by atoms with E-state index < -0.39 is 216 Å². The lowest BCUT2D eigenvalue weighted by molar-refractivity contribution is -0.176. The minimum atomic E-state index is -2.08. The minimum absolute atomic E-state index is 0.0158. The zero-order valence-electron chi connectivity index (χ0n) is 85.6. The Morgan fingerprint density at radius 1 is 0.653 bits per heavy atom. The van der Waals surface area contributed by atoms with Crippen molar-refractivity contribution in [3.8, 4) is 5.75 Å². The SMILES string of the molecule is C=C(N)CNC(=O)[C@@H]1CCCN1C(=O)[C@H](CCCNC(=N)N)CC(=O)[C@H](CC(C)C)NC(=O)[C@H](CCCCNC(=O)CCC(=O)OC(/C=C/C)C(C)(C(=O)OC)C1C\C=C/C=C/C=C/c2nc(co2)C(=O)OC(C(C)(C(=O)OC)C(O)/C=C/C)C\C=C/C=C/C=C/c2nc(co2)C(=O)O1)CC(=O)[C@H](Cc1ccc(O)cc1)NC(=O)[C@H](CO)CC(=O)[C@H](Cc1c[nH]c2ccccc12)NC(=O)[C@@H](CC(=O)[C@@H]1CCC(=O)N1)Cc1cnc[nH]1. The number of aromatic amines is 2. The number of benzene rings is 2. The Labute approximate surface area is 868 Å². The van der Waals surface area contributed by atoms with Crippen LogP contribution in [0.2, 0.25) is 0 Å². The zero-order valence-corrected chi connectivity index (χ0v) is 85.6. The summed E-state index contributed by atoms with van der Waals surface area (Å²) in [6.45, 7) is 12.4. The van der Waals surface area contributed by atoms with Crippen LogP contribution in [-0.4, -0.2) is 247 Å². The van der Waals surface area contributed by atoms with Crippen LogP contribution in [0.3, 0.4) is 0 Å². The lowest BCUT2D eigenvalue weighted by atomic mass is 9.76. The van der Waals surface area contributed by atoms with Crippen LogP contribution in [0.4, 0.5) is 0 Å². The summed E-state index contributed by atoms with van der Waals surface area (Å²) >= 11 is 0. The lowest BCUT2D eigenvalue weighted by Crippen LogP contribution is -2.52. The Balaban J connectivity index is 0.945. The molecule has 42 heteroatoms. The van der Waals surface area contributed by atoms with E-state index in [4.69, 9.17) is 49.4 Å². The Morgan fingerprint density at radius 2 is 1.23 bits per heavy atom. The average Bonchev–Trinajstić information content (AvgIpc) is 0.877. The molecule has 0 radical (unpaired) electrons. The van der Waals surface area contributed by atoms with Crippen LogP contribution in [-0.2, 0) is 110 Å². The third-order valence-corrected chi connectivity index (χ3v) is 26.3. The largest absolute Gasteiger partial charge is 0.508 e. The van der Waals surface area contributed by atoms with Gasteiger partial charge < -0.3 is 111 Å². The number of cyclic esters (lactones) is 2. The molecule has 2 saturated heterocycles. The molecule has 15 atom stereocenters. The molecule has 3 aliphatic rings. The van der Waals surface area contributed by atoms with Gasteiger partial charge in [0.2, 0.25) is 53.1 Å². The van der Waals surface area contributed by atoms with E-state index >= 15 is 24.0 Å². The molecule has 4 aromatic heterocycles. The van der Waals surface area contributed by atoms with Crippen molar-refractivity contribution in [1.29, 1.82) is 5.41 Å². The molecule has 0 saturated carbocycles. The first-order valence-electron chi connectivity index (χ1n) is 50.0. The number of para-hydroxylation sites is 1. The molecule has 0 spiro atoms. The van der Waals surface area contributed by atoms with Gasteiger partial charge in [0.25, 0.3) is 0 Å². The molecule has 7 heterocycles. The lowest BCUT2D eigenvalue weighted by Gasteiger charge is -2.38. The molecule has 7 amide bonds. The summed E-state index contributed by atoms with van der Waals surface area (Å²) in [7, 11) is 2.21. The number of phenols is 1. The fourth-order valence-electron chi connectivity index (χ4n) is 17.8. The number of nitrogens with two attached hydrogens (primary N) is 2. The summed E-state index contributed by atoms with van der Waals surface area (Å²) in [5.74, 6) is -18.0. The number of fused-ring (bicyclic) bond motifs is 5. The molecular weight excluding hydrogens is 1940 g/mol. The van der Waals surface area contributed by atoms with Gasteiger partial charge >= 0.3 is 29.8 Å². The number of likely N-dealkylation sites (tertiary alicyclic amines) is 1. The van der Waals surface area contributed by atoms with Gasteiger partial charge in [0.1, 0.15) is 53.5 Å². The standard InChI is InChI=1S/C108H138N16O26/c1-10-28-88(131)107(6,104(142)144-8)90-35-18-14-12-16-20-38-95-120-82(63-147-95)103(141)150-91(36-19-15-13-17-21-37-94-119-81(62-146-94)102(140)149-90)108(7,105(143)145-9)89(29-11-2)148-96(134)46-45-92(132)113-47-25-24-30-68(97(135)121-78(50-65(3)4)86(129)55-69(31-26-48-114-106(110)111)101(139)124-49-27-34-83(124)100(138)116-58-66(5)109)54-85(128)79(51-67-39-41-74(126)42-40-67)122-99(137)72(61-125)57-87(130)80(53-71-59-115-76-33-23-22-32-75(71)76)123-98(136)70(52-73-60-112-64-117-73)56-84(127)77-43-44-93(133)118-77/h10-23,28-29,32-33,37-42,59-60,62-65,68-70,72,77-80,83,88-91,115,125-126,131H,5,24-27,30-31,34-36,43-58,61,109H2,1-4,6-9H3,(H,112,117)(H,113,132)(H,116,138)(H,118,133)(H,121,135)(H,122,137)(H,123,136)(H4,110,111,114)/b16-12+,17-13+,18-14-,19-15-,28-10+,29-11+,37-21+,38-20+/t68-,69-,70-,72+,77+,78+,79+,80+,83+,88?,89?,90?,91?,107?,108?/m1/s1. The number of ketones is 4. The van der Waals surface area contributed by atoms with Gasteiger partial charge in [0.05, 0.1) is 82.2 Å². The number of carbonyl (C=O) groups is 16. The van der Waals surface area contributed by atoms with Crippen molar-refractivity contribution in [2.45, 2.75) is 231 Å². The Morgan fingerprint density at radius 3 is 1.82 bits per heavy atom. The number of H-pyrrole nitrogens is 2. The first-order chi connectivity index (χ1) is 71.8. The molecule has 6 unspecified atom stereocenters. The number of methoxy groups -OCH3 is 2. The first kappa shape index (κ1) is 118. The van der Waals surface area contributed by atoms with Crippen molar-refractivity contribution in [2.75, 3.05) is 47.0 Å². The van der Waals surface area contributed by atoms with Gasteiger partial charge in [-0.25, -0.2) is 24.5 Å². The number of unbranched alkanes of at least 4 members (excludes halogenated alkanes) is 1. The Bertz CT molecular complexity index is 5960. The number of nitrogens with zero attached hydrogens (tertiary/aromatic N) is 4. The van der Waals surface area contributed by atoms with Crippen LogP contribution in [0.25, 0.3) is 23.1 Å². The number of guanidine groups is 1. The van der Waals surface area contributed by atoms with Gasteiger partial charge in [-0.3, -0.25) is 72.5 Å². The molecule has 3 aliphatic heterocycles. The van der Waals surface area contributed by atoms with Crippen LogP contribution >= 0.6 is 0 Å². The normalized spacial score (nSPS) is 19.5. The van der Waals surface area contributed by atoms with E-state index in [-0.39, 0.29) is 168 Å². The van der Waals surface area contributed by atoms with Crippen molar-refractivity contribution >= 4 is 123 Å². The van der Waals surface area contributed by atoms with E-state index in [1.165, 1.54) is 116 Å². The number of ether oxygens (including phenoxy) is 5. The fraction of sp³-hybridized carbons (Fsp3) is 0.463. The quantitative estimate of drug-likeness (QED) is 0.00431. The predicted octanol–water partition coefficient (Wildman–Crippen LogP) is 7.86. The number of hydrogen-bond acceptors (Lipinski definition) is 31. The van der Waals surface area contributed by atoms with Crippen LogP contribution < -0.4 is 48.7 Å². The molecule has 42 nitrogen and oxygen atoms in total. The van der Waals surface area contributed by atoms with E-state index in [0.717, 1.165) is 26.7 Å². The number of aromatic nitrogens is 5. The first-order valence-corrected chi connectivity index (χ1v) is 50.0. The number of esters is 5.